The van der Waals surface area contributed by atoms with Crippen molar-refractivity contribution in [2.45, 2.75) is 11.8 Å². The van der Waals surface area contributed by atoms with Crippen LogP contribution in [0.25, 0.3) is 10.9 Å². The number of rotatable bonds is 3. The lowest BCUT2D eigenvalue weighted by molar-refractivity contribution is 0.101. The molecule has 0 amide bonds. The first-order valence-corrected chi connectivity index (χ1v) is 8.37. The number of hydrogen-bond acceptors (Lipinski definition) is 3. The van der Waals surface area contributed by atoms with Gasteiger partial charge in [-0.05, 0) is 25.1 Å². The first kappa shape index (κ1) is 14.8. The van der Waals surface area contributed by atoms with Crippen molar-refractivity contribution in [3.05, 3.63) is 65.3 Å². The van der Waals surface area contributed by atoms with Crippen LogP contribution in [0, 0.1) is 0 Å². The average Bonchev–Trinajstić information content (AvgIpc) is 2.80. The van der Waals surface area contributed by atoms with Gasteiger partial charge in [-0.1, -0.05) is 48.0 Å². The quantitative estimate of drug-likeness (QED) is 0.686. The van der Waals surface area contributed by atoms with E-state index in [9.17, 15) is 13.2 Å². The minimum absolute atomic E-state index is 0.0856. The summed E-state index contributed by atoms with van der Waals surface area (Å²) in [6.07, 6.45) is 0. The van der Waals surface area contributed by atoms with Gasteiger partial charge in [-0.15, -0.1) is 0 Å². The predicted octanol–water partition coefficient (Wildman–Crippen LogP) is 3.73. The van der Waals surface area contributed by atoms with Crippen molar-refractivity contribution < 1.29 is 13.2 Å². The summed E-state index contributed by atoms with van der Waals surface area (Å²) in [4.78, 5) is 12.0. The van der Waals surface area contributed by atoms with Gasteiger partial charge in [0.25, 0.3) is 10.0 Å². The molecule has 0 unspecified atom stereocenters. The number of halogens is 1. The van der Waals surface area contributed by atoms with Crippen LogP contribution in [0.1, 0.15) is 17.3 Å². The Balaban J connectivity index is 2.42. The fraction of sp³-hybridized carbons (Fsp3) is 0.0625. The molecule has 3 rings (SSSR count). The summed E-state index contributed by atoms with van der Waals surface area (Å²) in [5, 5.41) is 0.442. The van der Waals surface area contributed by atoms with Gasteiger partial charge >= 0.3 is 0 Å². The Labute approximate surface area is 133 Å². The van der Waals surface area contributed by atoms with Gasteiger partial charge in [-0.3, -0.25) is 4.79 Å². The van der Waals surface area contributed by atoms with E-state index in [0.29, 0.717) is 10.9 Å². The van der Waals surface area contributed by atoms with Crippen LogP contribution in [0.2, 0.25) is 5.15 Å². The number of ketones is 1. The van der Waals surface area contributed by atoms with E-state index in [1.807, 2.05) is 0 Å². The molecule has 22 heavy (non-hydrogen) atoms. The van der Waals surface area contributed by atoms with E-state index in [2.05, 4.69) is 0 Å². The molecule has 0 aliphatic carbocycles. The summed E-state index contributed by atoms with van der Waals surface area (Å²) in [5.41, 5.74) is 0.610. The maximum Gasteiger partial charge on any atom is 0.269 e. The maximum atomic E-state index is 12.9. The second-order valence-corrected chi connectivity index (χ2v) is 6.97. The van der Waals surface area contributed by atoms with Gasteiger partial charge in [0.15, 0.2) is 5.78 Å². The van der Waals surface area contributed by atoms with Crippen molar-refractivity contribution in [2.75, 3.05) is 0 Å². The molecule has 0 radical (unpaired) electrons. The van der Waals surface area contributed by atoms with Crippen LogP contribution in [-0.2, 0) is 10.0 Å². The SMILES string of the molecule is CC(=O)c1c(Cl)n(S(=O)(=O)c2ccccc2)c2ccccc12. The van der Waals surface area contributed by atoms with Crippen LogP contribution in [0.3, 0.4) is 0 Å². The molecule has 0 fully saturated rings. The van der Waals surface area contributed by atoms with E-state index >= 15 is 0 Å². The second kappa shape index (κ2) is 5.26. The molecule has 112 valence electrons. The first-order chi connectivity index (χ1) is 10.4. The fourth-order valence-electron chi connectivity index (χ4n) is 2.45. The molecule has 0 N–H and O–H groups in total. The molecule has 1 heterocycles. The van der Waals surface area contributed by atoms with E-state index < -0.39 is 10.0 Å². The predicted molar refractivity (Wildman–Crippen MR) is 86.0 cm³/mol. The average molecular weight is 334 g/mol. The number of aromatic nitrogens is 1. The van der Waals surface area contributed by atoms with Crippen molar-refractivity contribution >= 4 is 38.3 Å². The molecule has 0 bridgehead atoms. The Kier molecular flexibility index (Phi) is 3.54. The number of benzene rings is 2. The number of carbonyl (C=O) groups is 1. The highest BCUT2D eigenvalue weighted by Crippen LogP contribution is 2.33. The van der Waals surface area contributed by atoms with E-state index in [1.165, 1.54) is 19.1 Å². The zero-order valence-electron chi connectivity index (χ0n) is 11.7. The third-order valence-electron chi connectivity index (χ3n) is 3.41. The number of carbonyl (C=O) groups excluding carboxylic acids is 1. The van der Waals surface area contributed by atoms with E-state index in [0.717, 1.165) is 3.97 Å². The van der Waals surface area contributed by atoms with Crippen LogP contribution in [0.5, 0.6) is 0 Å². The highest BCUT2D eigenvalue weighted by Gasteiger charge is 2.27. The molecule has 6 heteroatoms. The van der Waals surface area contributed by atoms with Gasteiger partial charge in [0.1, 0.15) is 5.15 Å². The third kappa shape index (κ3) is 2.14. The summed E-state index contributed by atoms with van der Waals surface area (Å²) in [6.45, 7) is 1.37. The van der Waals surface area contributed by atoms with Crippen molar-refractivity contribution in [3.8, 4) is 0 Å². The fourth-order valence-corrected chi connectivity index (χ4v) is 4.48. The van der Waals surface area contributed by atoms with E-state index in [1.54, 1.807) is 42.5 Å². The lowest BCUT2D eigenvalue weighted by Gasteiger charge is -2.08. The number of hydrogen-bond donors (Lipinski definition) is 0. The molecule has 4 nitrogen and oxygen atoms in total. The largest absolute Gasteiger partial charge is 0.294 e. The summed E-state index contributed by atoms with van der Waals surface area (Å²) < 4.78 is 26.8. The molecule has 2 aromatic carbocycles. The number of para-hydroxylation sites is 1. The van der Waals surface area contributed by atoms with Crippen molar-refractivity contribution in [2.24, 2.45) is 0 Å². The smallest absolute Gasteiger partial charge is 0.269 e. The highest BCUT2D eigenvalue weighted by molar-refractivity contribution is 7.90. The van der Waals surface area contributed by atoms with Crippen molar-refractivity contribution in [1.29, 1.82) is 0 Å². The summed E-state index contributed by atoms with van der Waals surface area (Å²) in [6, 6.07) is 14.8. The highest BCUT2D eigenvalue weighted by atomic mass is 35.5. The minimum Gasteiger partial charge on any atom is -0.294 e. The zero-order valence-corrected chi connectivity index (χ0v) is 13.2. The molecular formula is C16H12ClNO3S. The summed E-state index contributed by atoms with van der Waals surface area (Å²) >= 11 is 6.24. The maximum absolute atomic E-state index is 12.9. The summed E-state index contributed by atoms with van der Waals surface area (Å²) in [5.74, 6) is -0.275. The number of nitrogens with zero attached hydrogens (tertiary/aromatic N) is 1. The van der Waals surface area contributed by atoms with Gasteiger partial charge in [0.2, 0.25) is 0 Å². The van der Waals surface area contributed by atoms with Gasteiger partial charge in [-0.25, -0.2) is 12.4 Å². The Bertz CT molecular complexity index is 975. The summed E-state index contributed by atoms with van der Waals surface area (Å²) in [7, 11) is -3.88. The van der Waals surface area contributed by atoms with E-state index in [-0.39, 0.29) is 21.4 Å². The normalized spacial score (nSPS) is 11.7. The molecule has 0 saturated carbocycles. The minimum atomic E-state index is -3.88. The molecule has 0 aliphatic heterocycles. The molecule has 0 aliphatic rings. The van der Waals surface area contributed by atoms with Crippen LogP contribution in [0.15, 0.2) is 59.5 Å². The molecule has 0 spiro atoms. The lowest BCUT2D eigenvalue weighted by atomic mass is 10.1. The van der Waals surface area contributed by atoms with Gasteiger partial charge in [-0.2, -0.15) is 0 Å². The van der Waals surface area contributed by atoms with Gasteiger partial charge in [0.05, 0.1) is 16.0 Å². The molecule has 3 aromatic rings. The lowest BCUT2D eigenvalue weighted by Crippen LogP contribution is -2.13. The number of Topliss-reactive ketones (excluding diaryl/α,β-unsaturated/α-hetero) is 1. The third-order valence-corrected chi connectivity index (χ3v) is 5.60. The Morgan fingerprint density at radius 2 is 1.59 bits per heavy atom. The standard InChI is InChI=1S/C16H12ClNO3S/c1-11(19)15-13-9-5-6-10-14(13)18(16(15)17)22(20,21)12-7-3-2-4-8-12/h2-10H,1H3. The van der Waals surface area contributed by atoms with Crippen LogP contribution in [-0.4, -0.2) is 18.2 Å². The second-order valence-electron chi connectivity index (χ2n) is 4.82. The molecular weight excluding hydrogens is 322 g/mol. The zero-order chi connectivity index (χ0) is 15.9. The van der Waals surface area contributed by atoms with Gasteiger partial charge in [0, 0.05) is 5.39 Å². The first-order valence-electron chi connectivity index (χ1n) is 6.55. The molecule has 0 atom stereocenters. The topological polar surface area (TPSA) is 56.1 Å². The van der Waals surface area contributed by atoms with Crippen molar-refractivity contribution in [3.63, 3.8) is 0 Å². The molecule has 0 saturated heterocycles. The van der Waals surface area contributed by atoms with E-state index in [4.69, 9.17) is 11.6 Å². The van der Waals surface area contributed by atoms with Crippen molar-refractivity contribution in [1.82, 2.24) is 3.97 Å². The Hall–Kier alpha value is -2.11. The monoisotopic (exact) mass is 333 g/mol. The van der Waals surface area contributed by atoms with Gasteiger partial charge < -0.3 is 0 Å². The molecule has 1 aromatic heterocycles. The van der Waals surface area contributed by atoms with Crippen LogP contribution < -0.4 is 0 Å². The van der Waals surface area contributed by atoms with Crippen LogP contribution in [0.4, 0.5) is 0 Å². The Morgan fingerprint density at radius 3 is 2.23 bits per heavy atom. The Morgan fingerprint density at radius 1 is 1.00 bits per heavy atom. The number of fused-ring (bicyclic) bond motifs is 1. The van der Waals surface area contributed by atoms with Crippen LogP contribution >= 0.6 is 11.6 Å².